The summed E-state index contributed by atoms with van der Waals surface area (Å²) in [6.45, 7) is 0. The molecule has 0 saturated carbocycles. The van der Waals surface area contributed by atoms with Gasteiger partial charge in [0.1, 0.15) is 6.07 Å². The molecule has 55 heavy (non-hydrogen) atoms. The molecule has 10 heteroatoms. The second-order valence-electron chi connectivity index (χ2n) is 13.2. The molecule has 0 unspecified atom stereocenters. The molecular formula is C45H24Cl4N6. The van der Waals surface area contributed by atoms with Crippen LogP contribution in [0, 0.1) is 11.3 Å². The van der Waals surface area contributed by atoms with Gasteiger partial charge in [0.15, 0.2) is 0 Å². The maximum Gasteiger partial charge on any atom is 0.101 e. The zero-order valence-corrected chi connectivity index (χ0v) is 31.5. The van der Waals surface area contributed by atoms with Gasteiger partial charge in [-0.25, -0.2) is 9.97 Å². The van der Waals surface area contributed by atoms with Crippen molar-refractivity contribution in [1.82, 2.24) is 24.9 Å². The second-order valence-corrected chi connectivity index (χ2v) is 14.9. The summed E-state index contributed by atoms with van der Waals surface area (Å²) in [7, 11) is 0. The molecular weight excluding hydrogens is 766 g/mol. The van der Waals surface area contributed by atoms with Crippen molar-refractivity contribution in [3.8, 4) is 39.4 Å². The number of H-pyrrole nitrogens is 3. The first-order chi connectivity index (χ1) is 26.9. The number of hydrogen-bond donors (Lipinski definition) is 3. The van der Waals surface area contributed by atoms with Gasteiger partial charge in [-0.05, 0) is 96.6 Å². The van der Waals surface area contributed by atoms with Crippen molar-refractivity contribution in [2.24, 2.45) is 0 Å². The zero-order valence-electron chi connectivity index (χ0n) is 28.5. The minimum atomic E-state index is 0.496. The Balaban J connectivity index is 1.39. The van der Waals surface area contributed by atoms with E-state index in [1.165, 1.54) is 0 Å². The smallest absolute Gasteiger partial charge is 0.101 e. The highest BCUT2D eigenvalue weighted by Gasteiger charge is 2.20. The third kappa shape index (κ3) is 5.47. The molecule has 4 aromatic carbocycles. The first kappa shape index (κ1) is 33.5. The molecule has 8 bridgehead atoms. The lowest BCUT2D eigenvalue weighted by Gasteiger charge is -2.10. The molecule has 10 rings (SSSR count). The lowest BCUT2D eigenvalue weighted by molar-refractivity contribution is 1.32. The molecule has 0 fully saturated rings. The van der Waals surface area contributed by atoms with Crippen LogP contribution in [0.3, 0.4) is 0 Å². The maximum atomic E-state index is 10.5. The van der Waals surface area contributed by atoms with Crippen molar-refractivity contribution in [3.05, 3.63) is 152 Å². The van der Waals surface area contributed by atoms with Crippen molar-refractivity contribution in [1.29, 1.82) is 5.26 Å². The Morgan fingerprint density at radius 3 is 1.58 bits per heavy atom. The number of pyridine rings is 1. The van der Waals surface area contributed by atoms with Crippen LogP contribution in [-0.4, -0.2) is 24.9 Å². The molecule has 6 nitrogen and oxygen atoms in total. The van der Waals surface area contributed by atoms with Crippen LogP contribution in [0.15, 0.2) is 115 Å². The maximum absolute atomic E-state index is 10.5. The molecule has 3 N–H and O–H groups in total. The number of nitriles is 1. The Hall–Kier alpha value is -6.07. The summed E-state index contributed by atoms with van der Waals surface area (Å²) in [4.78, 5) is 21.1. The van der Waals surface area contributed by atoms with E-state index in [4.69, 9.17) is 56.4 Å². The van der Waals surface area contributed by atoms with E-state index in [1.54, 1.807) is 0 Å². The number of hydrogen-bond acceptors (Lipinski definition) is 3. The lowest BCUT2D eigenvalue weighted by atomic mass is 9.98. The number of aromatic nitrogens is 5. The molecule has 0 amide bonds. The Morgan fingerprint density at radius 1 is 0.436 bits per heavy atom. The third-order valence-corrected chi connectivity index (χ3v) is 11.3. The fraction of sp³-hybridized carbons (Fsp3) is 0. The summed E-state index contributed by atoms with van der Waals surface area (Å²) in [6.07, 6.45) is 3.94. The topological polar surface area (TPSA) is 96.9 Å². The van der Waals surface area contributed by atoms with Crippen LogP contribution in [0.2, 0.25) is 20.1 Å². The van der Waals surface area contributed by atoms with E-state index in [0.29, 0.717) is 42.5 Å². The van der Waals surface area contributed by atoms with E-state index >= 15 is 0 Å². The number of rotatable bonds is 3. The molecule has 262 valence electrons. The van der Waals surface area contributed by atoms with Crippen LogP contribution in [0.1, 0.15) is 17.0 Å². The van der Waals surface area contributed by atoms with Crippen molar-refractivity contribution in [2.45, 2.75) is 0 Å². The van der Waals surface area contributed by atoms with Gasteiger partial charge in [-0.15, -0.1) is 0 Å². The Morgan fingerprint density at radius 2 is 0.945 bits per heavy atom. The van der Waals surface area contributed by atoms with E-state index < -0.39 is 0 Å². The predicted octanol–water partition coefficient (Wildman–Crippen LogP) is 13.9. The number of nitrogens with zero attached hydrogens (tertiary/aromatic N) is 3. The number of para-hydroxylation sites is 1. The van der Waals surface area contributed by atoms with Crippen LogP contribution >= 0.6 is 46.4 Å². The van der Waals surface area contributed by atoms with E-state index in [2.05, 4.69) is 21.0 Å². The van der Waals surface area contributed by atoms with Crippen LogP contribution < -0.4 is 0 Å². The first-order valence-corrected chi connectivity index (χ1v) is 18.8. The minimum absolute atomic E-state index is 0.496. The van der Waals surface area contributed by atoms with Crippen LogP contribution in [0.4, 0.5) is 0 Å². The monoisotopic (exact) mass is 788 g/mol. The summed E-state index contributed by atoms with van der Waals surface area (Å²) in [5.74, 6) is 0. The Labute approximate surface area is 333 Å². The number of nitrogens with one attached hydrogen (secondary N) is 3. The van der Waals surface area contributed by atoms with Crippen LogP contribution in [0.5, 0.6) is 0 Å². The van der Waals surface area contributed by atoms with Crippen molar-refractivity contribution in [3.63, 3.8) is 0 Å². The van der Waals surface area contributed by atoms with Crippen LogP contribution in [0.25, 0.3) is 100 Å². The van der Waals surface area contributed by atoms with E-state index in [-0.39, 0.29) is 0 Å². The van der Waals surface area contributed by atoms with E-state index in [0.717, 1.165) is 82.9 Å². The molecule has 5 aromatic heterocycles. The molecule has 0 atom stereocenters. The minimum Gasteiger partial charge on any atom is -0.354 e. The predicted molar refractivity (Wildman–Crippen MR) is 229 cm³/mol. The first-order valence-electron chi connectivity index (χ1n) is 17.3. The molecule has 9 aromatic rings. The van der Waals surface area contributed by atoms with Crippen molar-refractivity contribution < 1.29 is 0 Å². The number of benzene rings is 4. The summed E-state index contributed by atoms with van der Waals surface area (Å²) in [5.41, 5.74) is 12.8. The lowest BCUT2D eigenvalue weighted by Crippen LogP contribution is -1.90. The molecule has 0 spiro atoms. The largest absolute Gasteiger partial charge is 0.354 e. The molecule has 1 aliphatic heterocycles. The summed E-state index contributed by atoms with van der Waals surface area (Å²) >= 11 is 27.7. The molecule has 0 aliphatic carbocycles. The fourth-order valence-corrected chi connectivity index (χ4v) is 8.80. The second kappa shape index (κ2) is 13.1. The van der Waals surface area contributed by atoms with Gasteiger partial charge >= 0.3 is 0 Å². The van der Waals surface area contributed by atoms with Crippen LogP contribution in [-0.2, 0) is 0 Å². The van der Waals surface area contributed by atoms with E-state index in [1.807, 2.05) is 127 Å². The highest BCUT2D eigenvalue weighted by atomic mass is 35.5. The highest BCUT2D eigenvalue weighted by Crippen LogP contribution is 2.43. The molecule has 1 aliphatic rings. The van der Waals surface area contributed by atoms with Gasteiger partial charge in [-0.2, -0.15) is 5.26 Å². The Bertz CT molecular complexity index is 3250. The molecule has 0 radical (unpaired) electrons. The van der Waals surface area contributed by atoms with Gasteiger partial charge < -0.3 is 15.0 Å². The van der Waals surface area contributed by atoms with Crippen molar-refractivity contribution in [2.75, 3.05) is 0 Å². The average molecular weight is 791 g/mol. The molecule has 0 saturated heterocycles. The fourth-order valence-electron chi connectivity index (χ4n) is 7.63. The van der Waals surface area contributed by atoms with Crippen molar-refractivity contribution >= 4 is 113 Å². The number of fused-ring (bicyclic) bond motifs is 11. The average Bonchev–Trinajstić information content (AvgIpc) is 4.02. The summed E-state index contributed by atoms with van der Waals surface area (Å²) in [5, 5.41) is 14.0. The van der Waals surface area contributed by atoms with Gasteiger partial charge in [0, 0.05) is 66.2 Å². The third-order valence-electron chi connectivity index (χ3n) is 10.1. The van der Waals surface area contributed by atoms with Gasteiger partial charge in [0.05, 0.1) is 53.6 Å². The van der Waals surface area contributed by atoms with Gasteiger partial charge in [0.2, 0.25) is 0 Å². The van der Waals surface area contributed by atoms with Gasteiger partial charge in [-0.3, -0.25) is 0 Å². The van der Waals surface area contributed by atoms with Gasteiger partial charge in [-0.1, -0.05) is 82.8 Å². The SMILES string of the molecule is N#Cc1c2ccccc2nc2ccc(-c3c4ccc([nH]4)c(-c4c(Cl)cccc4Cl)c4nc(c5ccc([nH]5)c(-c5c(Cl)cccc5Cl)c5ccc3[nH]5)C=C4)cc12. The molecule has 6 heterocycles. The van der Waals surface area contributed by atoms with Gasteiger partial charge in [0.25, 0.3) is 0 Å². The normalized spacial score (nSPS) is 11.9. The quantitative estimate of drug-likeness (QED) is 0.156. The number of halogens is 4. The Kier molecular flexibility index (Phi) is 7.95. The zero-order chi connectivity index (χ0) is 37.4. The standard InChI is InChI=1S/C45H24Cl4N6/c46-27-6-3-7-28(47)42(27)44-37-15-13-33(52-37)34-14-16-38(53-34)45(43-29(48)8-4-9-30(43)49)40-20-18-36(55-40)41(35-17-19-39(44)54-35)23-11-12-32-25(21-23)26(22-50)24-5-1-2-10-31(24)51-32/h1-21,52,54-55H. The number of aromatic amines is 3. The summed E-state index contributed by atoms with van der Waals surface area (Å²) in [6, 6.07) is 39.3. The van der Waals surface area contributed by atoms with E-state index in [9.17, 15) is 5.26 Å². The summed E-state index contributed by atoms with van der Waals surface area (Å²) < 4.78 is 0. The highest BCUT2D eigenvalue weighted by molar-refractivity contribution is 6.40.